The third-order valence-corrected chi connectivity index (χ3v) is 2.70. The van der Waals surface area contributed by atoms with Gasteiger partial charge in [-0.3, -0.25) is 4.79 Å². The van der Waals surface area contributed by atoms with E-state index in [0.29, 0.717) is 5.75 Å². The van der Waals surface area contributed by atoms with Gasteiger partial charge in [0.15, 0.2) is 0 Å². The lowest BCUT2D eigenvalue weighted by atomic mass is 10.2. The van der Waals surface area contributed by atoms with Gasteiger partial charge in [-0.2, -0.15) is 0 Å². The highest BCUT2D eigenvalue weighted by atomic mass is 16.5. The van der Waals surface area contributed by atoms with Gasteiger partial charge in [0, 0.05) is 35.8 Å². The van der Waals surface area contributed by atoms with Crippen molar-refractivity contribution in [2.24, 2.45) is 0 Å². The Labute approximate surface area is 114 Å². The summed E-state index contributed by atoms with van der Waals surface area (Å²) in [5.74, 6) is 0.685. The van der Waals surface area contributed by atoms with Crippen LogP contribution in [0.1, 0.15) is 0 Å². The van der Waals surface area contributed by atoms with Crippen LogP contribution in [0, 0.1) is 0 Å². The Morgan fingerprint density at radius 2 is 1.65 bits per heavy atom. The number of hydrogen-bond donors (Lipinski definition) is 1. The summed E-state index contributed by atoms with van der Waals surface area (Å²) >= 11 is 0. The van der Waals surface area contributed by atoms with Gasteiger partial charge in [0.1, 0.15) is 5.75 Å². The fourth-order valence-corrected chi connectivity index (χ4v) is 1.70. The molecule has 0 bridgehead atoms. The monoisotopic (exact) mass is 265 g/mol. The number of rotatable bonds is 3. The molecule has 20 heavy (non-hydrogen) atoms. The van der Waals surface area contributed by atoms with Gasteiger partial charge in [-0.15, -0.1) is 0 Å². The van der Waals surface area contributed by atoms with Crippen LogP contribution in [0.3, 0.4) is 0 Å². The fraction of sp³-hybridized carbons (Fsp3) is 0. The van der Waals surface area contributed by atoms with Gasteiger partial charge in [0.25, 0.3) is 0 Å². The van der Waals surface area contributed by atoms with Gasteiger partial charge < -0.3 is 9.72 Å². The van der Waals surface area contributed by atoms with Gasteiger partial charge >= 0.3 is 6.01 Å². The summed E-state index contributed by atoms with van der Waals surface area (Å²) < 4.78 is 5.51. The highest BCUT2D eigenvalue weighted by Gasteiger charge is 2.02. The molecule has 3 aromatic rings. The molecule has 5 heteroatoms. The number of H-pyrrole nitrogens is 1. The van der Waals surface area contributed by atoms with Crippen molar-refractivity contribution in [2.75, 3.05) is 0 Å². The Morgan fingerprint density at radius 1 is 0.900 bits per heavy atom. The normalized spacial score (nSPS) is 10.2. The Bertz CT molecular complexity index is 732. The number of nitrogens with zero attached hydrogens (tertiary/aromatic N) is 2. The van der Waals surface area contributed by atoms with E-state index in [-0.39, 0.29) is 11.6 Å². The van der Waals surface area contributed by atoms with Crippen molar-refractivity contribution in [3.63, 3.8) is 0 Å². The maximum Gasteiger partial charge on any atom is 0.321 e. The molecule has 0 saturated carbocycles. The smallest absolute Gasteiger partial charge is 0.321 e. The number of benzene rings is 1. The van der Waals surface area contributed by atoms with Crippen LogP contribution < -0.4 is 10.3 Å². The predicted octanol–water partition coefficient (Wildman–Crippen LogP) is 2.62. The van der Waals surface area contributed by atoms with E-state index in [0.717, 1.165) is 11.1 Å². The summed E-state index contributed by atoms with van der Waals surface area (Å²) in [7, 11) is 0. The van der Waals surface area contributed by atoms with Crippen molar-refractivity contribution < 1.29 is 4.74 Å². The van der Waals surface area contributed by atoms with Crippen molar-refractivity contribution in [3.05, 3.63) is 71.4 Å². The first-order chi connectivity index (χ1) is 9.81. The third-order valence-electron chi connectivity index (χ3n) is 2.70. The van der Waals surface area contributed by atoms with Crippen molar-refractivity contribution >= 4 is 0 Å². The number of hydrogen-bond acceptors (Lipinski definition) is 4. The van der Waals surface area contributed by atoms with E-state index in [1.807, 2.05) is 30.3 Å². The van der Waals surface area contributed by atoms with Gasteiger partial charge in [-0.05, 0) is 18.2 Å². The molecule has 0 aliphatic rings. The second-order valence-electron chi connectivity index (χ2n) is 4.11. The molecule has 0 aliphatic carbocycles. The van der Waals surface area contributed by atoms with E-state index in [2.05, 4.69) is 15.0 Å². The number of pyridine rings is 1. The molecule has 0 spiro atoms. The highest BCUT2D eigenvalue weighted by Crippen LogP contribution is 2.19. The Morgan fingerprint density at radius 3 is 2.30 bits per heavy atom. The van der Waals surface area contributed by atoms with E-state index >= 15 is 0 Å². The van der Waals surface area contributed by atoms with Crippen LogP contribution in [0.5, 0.6) is 11.8 Å². The zero-order chi connectivity index (χ0) is 13.8. The van der Waals surface area contributed by atoms with Crippen LogP contribution in [0.15, 0.2) is 65.8 Å². The molecule has 0 saturated heterocycles. The van der Waals surface area contributed by atoms with E-state index in [4.69, 9.17) is 4.74 Å². The number of ether oxygens (including phenoxy) is 1. The van der Waals surface area contributed by atoms with Crippen molar-refractivity contribution in [2.45, 2.75) is 0 Å². The Balaban J connectivity index is 1.81. The SMILES string of the molecule is O=c1ccc(-c2cnc(Oc3ccccc3)nc2)c[nH]1. The molecular weight excluding hydrogens is 254 g/mol. The lowest BCUT2D eigenvalue weighted by Gasteiger charge is -2.04. The maximum atomic E-state index is 11.0. The molecular formula is C15H11N3O2. The molecule has 0 atom stereocenters. The summed E-state index contributed by atoms with van der Waals surface area (Å²) in [6.45, 7) is 0. The number of aromatic amines is 1. The molecule has 5 nitrogen and oxygen atoms in total. The van der Waals surface area contributed by atoms with Crippen LogP contribution in [0.4, 0.5) is 0 Å². The maximum absolute atomic E-state index is 11.0. The van der Waals surface area contributed by atoms with Gasteiger partial charge in [0.2, 0.25) is 5.56 Å². The first-order valence-corrected chi connectivity index (χ1v) is 6.05. The minimum atomic E-state index is -0.140. The molecule has 2 aromatic heterocycles. The minimum absolute atomic E-state index is 0.140. The second kappa shape index (κ2) is 5.36. The lowest BCUT2D eigenvalue weighted by molar-refractivity contribution is 0.442. The van der Waals surface area contributed by atoms with E-state index in [1.165, 1.54) is 6.07 Å². The largest absolute Gasteiger partial charge is 0.424 e. The third kappa shape index (κ3) is 2.72. The van der Waals surface area contributed by atoms with Crippen LogP contribution in [-0.2, 0) is 0 Å². The average Bonchev–Trinajstić information content (AvgIpc) is 2.50. The van der Waals surface area contributed by atoms with E-state index in [1.54, 1.807) is 24.7 Å². The number of nitrogens with one attached hydrogen (secondary N) is 1. The van der Waals surface area contributed by atoms with Crippen LogP contribution in [-0.4, -0.2) is 15.0 Å². The summed E-state index contributed by atoms with van der Waals surface area (Å²) in [6, 6.07) is 12.8. The topological polar surface area (TPSA) is 67.9 Å². The van der Waals surface area contributed by atoms with Crippen molar-refractivity contribution in [3.8, 4) is 22.9 Å². The summed E-state index contributed by atoms with van der Waals surface area (Å²) in [5.41, 5.74) is 1.51. The van der Waals surface area contributed by atoms with Crippen molar-refractivity contribution in [1.29, 1.82) is 0 Å². The van der Waals surface area contributed by atoms with Crippen LogP contribution in [0.25, 0.3) is 11.1 Å². The zero-order valence-corrected chi connectivity index (χ0v) is 10.5. The number of para-hydroxylation sites is 1. The summed E-state index contributed by atoms with van der Waals surface area (Å²) in [6.07, 6.45) is 4.93. The quantitative estimate of drug-likeness (QED) is 0.790. The molecule has 1 N–H and O–H groups in total. The predicted molar refractivity (Wildman–Crippen MR) is 74.6 cm³/mol. The molecule has 0 radical (unpaired) electrons. The summed E-state index contributed by atoms with van der Waals surface area (Å²) in [5, 5.41) is 0. The van der Waals surface area contributed by atoms with Crippen LogP contribution >= 0.6 is 0 Å². The Hall–Kier alpha value is -2.95. The molecule has 1 aromatic carbocycles. The Kier molecular flexibility index (Phi) is 3.24. The zero-order valence-electron chi connectivity index (χ0n) is 10.5. The molecule has 0 unspecified atom stereocenters. The standard InChI is InChI=1S/C15H11N3O2/c19-14-7-6-11(8-16-14)12-9-17-15(18-10-12)20-13-4-2-1-3-5-13/h1-10H,(H,16,19). The van der Waals surface area contributed by atoms with Gasteiger partial charge in [-0.25, -0.2) is 9.97 Å². The van der Waals surface area contributed by atoms with Crippen molar-refractivity contribution in [1.82, 2.24) is 15.0 Å². The summed E-state index contributed by atoms with van der Waals surface area (Å²) in [4.78, 5) is 21.9. The molecule has 0 fully saturated rings. The van der Waals surface area contributed by atoms with Crippen LogP contribution in [0.2, 0.25) is 0 Å². The molecule has 2 heterocycles. The molecule has 3 rings (SSSR count). The second-order valence-corrected chi connectivity index (χ2v) is 4.11. The van der Waals surface area contributed by atoms with Gasteiger partial charge in [-0.1, -0.05) is 18.2 Å². The average molecular weight is 265 g/mol. The first-order valence-electron chi connectivity index (χ1n) is 6.05. The lowest BCUT2D eigenvalue weighted by Crippen LogP contribution is -2.01. The van der Waals surface area contributed by atoms with Gasteiger partial charge in [0.05, 0.1) is 0 Å². The first kappa shape index (κ1) is 12.1. The minimum Gasteiger partial charge on any atom is -0.424 e. The highest BCUT2D eigenvalue weighted by molar-refractivity contribution is 5.59. The molecule has 0 amide bonds. The molecule has 98 valence electrons. The molecule has 0 aliphatic heterocycles. The number of aromatic nitrogens is 3. The fourth-order valence-electron chi connectivity index (χ4n) is 1.70. The van der Waals surface area contributed by atoms with E-state index < -0.39 is 0 Å². The van der Waals surface area contributed by atoms with E-state index in [9.17, 15) is 4.79 Å².